The van der Waals surface area contributed by atoms with E-state index in [0.29, 0.717) is 12.0 Å². The zero-order chi connectivity index (χ0) is 11.8. The van der Waals surface area contributed by atoms with Gasteiger partial charge in [-0.05, 0) is 24.1 Å². The summed E-state index contributed by atoms with van der Waals surface area (Å²) in [4.78, 5) is 3.94. The lowest BCUT2D eigenvalue weighted by atomic mass is 10.1. The molecule has 1 aliphatic rings. The van der Waals surface area contributed by atoms with Crippen LogP contribution < -0.4 is 5.32 Å². The fourth-order valence-corrected chi connectivity index (χ4v) is 2.56. The van der Waals surface area contributed by atoms with Crippen LogP contribution in [0.5, 0.6) is 5.88 Å². The highest BCUT2D eigenvalue weighted by atomic mass is 32.1. The van der Waals surface area contributed by atoms with Gasteiger partial charge in [-0.3, -0.25) is 0 Å². The third kappa shape index (κ3) is 2.24. The molecule has 5 heteroatoms. The van der Waals surface area contributed by atoms with E-state index in [-0.39, 0.29) is 11.7 Å². The molecule has 0 spiro atoms. The van der Waals surface area contributed by atoms with Crippen LogP contribution in [0.4, 0.5) is 9.52 Å². The molecule has 0 bridgehead atoms. The smallest absolute Gasteiger partial charge is 0.223 e. The standard InChI is InChI=1S/C12H11FN2OS/c13-8-3-1-7(2-4-8)9-5-10(9)14-12-15-11(16)6-17-12/h1-4,6,9-10,16H,5H2,(H,14,15). The predicted octanol–water partition coefficient (Wildman–Crippen LogP) is 2.96. The number of nitrogens with one attached hydrogen (secondary N) is 1. The highest BCUT2D eigenvalue weighted by molar-refractivity contribution is 7.13. The highest BCUT2D eigenvalue weighted by Crippen LogP contribution is 2.43. The Morgan fingerprint density at radius 1 is 1.35 bits per heavy atom. The van der Waals surface area contributed by atoms with Crippen molar-refractivity contribution in [2.24, 2.45) is 0 Å². The fraction of sp³-hybridized carbons (Fsp3) is 0.250. The van der Waals surface area contributed by atoms with E-state index in [2.05, 4.69) is 10.3 Å². The molecular weight excluding hydrogens is 239 g/mol. The third-order valence-corrected chi connectivity index (χ3v) is 3.65. The molecule has 1 aromatic heterocycles. The molecule has 0 amide bonds. The lowest BCUT2D eigenvalue weighted by Crippen LogP contribution is -2.03. The van der Waals surface area contributed by atoms with Crippen LogP contribution in [0.25, 0.3) is 0 Å². The average molecular weight is 250 g/mol. The van der Waals surface area contributed by atoms with Crippen molar-refractivity contribution in [2.45, 2.75) is 18.4 Å². The lowest BCUT2D eigenvalue weighted by molar-refractivity contribution is 0.458. The lowest BCUT2D eigenvalue weighted by Gasteiger charge is -2.01. The van der Waals surface area contributed by atoms with E-state index < -0.39 is 0 Å². The SMILES string of the molecule is Oc1csc(NC2CC2c2ccc(F)cc2)n1. The molecule has 0 saturated heterocycles. The molecule has 1 aromatic carbocycles. The number of rotatable bonds is 3. The number of hydrogen-bond acceptors (Lipinski definition) is 4. The van der Waals surface area contributed by atoms with Crippen LogP contribution in [0.3, 0.4) is 0 Å². The van der Waals surface area contributed by atoms with Crippen LogP contribution in [-0.4, -0.2) is 16.1 Å². The first-order chi connectivity index (χ1) is 8.22. The van der Waals surface area contributed by atoms with Crippen LogP contribution in [0.1, 0.15) is 17.9 Å². The van der Waals surface area contributed by atoms with Gasteiger partial charge in [0.05, 0.1) is 5.38 Å². The molecule has 2 atom stereocenters. The molecule has 3 nitrogen and oxygen atoms in total. The Balaban J connectivity index is 1.64. The summed E-state index contributed by atoms with van der Waals surface area (Å²) in [7, 11) is 0. The van der Waals surface area contributed by atoms with Crippen LogP contribution in [-0.2, 0) is 0 Å². The van der Waals surface area contributed by atoms with Gasteiger partial charge in [-0.2, -0.15) is 4.98 Å². The van der Waals surface area contributed by atoms with Gasteiger partial charge < -0.3 is 10.4 Å². The Kier molecular flexibility index (Phi) is 2.48. The molecule has 2 N–H and O–H groups in total. The zero-order valence-corrected chi connectivity index (χ0v) is 9.75. The van der Waals surface area contributed by atoms with E-state index in [1.54, 1.807) is 5.38 Å². The van der Waals surface area contributed by atoms with Crippen LogP contribution in [0.15, 0.2) is 29.6 Å². The molecule has 3 rings (SSSR count). The van der Waals surface area contributed by atoms with Gasteiger partial charge in [0.25, 0.3) is 0 Å². The van der Waals surface area contributed by atoms with Gasteiger partial charge in [0.1, 0.15) is 5.82 Å². The van der Waals surface area contributed by atoms with Crippen molar-refractivity contribution in [1.29, 1.82) is 0 Å². The van der Waals surface area contributed by atoms with Crippen molar-refractivity contribution in [3.05, 3.63) is 41.0 Å². The van der Waals surface area contributed by atoms with Crippen molar-refractivity contribution in [3.8, 4) is 5.88 Å². The van der Waals surface area contributed by atoms with E-state index in [0.717, 1.165) is 17.1 Å². The largest absolute Gasteiger partial charge is 0.493 e. The summed E-state index contributed by atoms with van der Waals surface area (Å²) in [6.07, 6.45) is 1.02. The van der Waals surface area contributed by atoms with E-state index in [1.165, 1.54) is 23.5 Å². The Labute approximate surface area is 102 Å². The number of aromatic hydroxyl groups is 1. The minimum Gasteiger partial charge on any atom is -0.493 e. The summed E-state index contributed by atoms with van der Waals surface area (Å²) >= 11 is 1.39. The van der Waals surface area contributed by atoms with Gasteiger partial charge in [0.2, 0.25) is 5.88 Å². The minimum atomic E-state index is -0.205. The first-order valence-electron chi connectivity index (χ1n) is 5.39. The van der Waals surface area contributed by atoms with Gasteiger partial charge in [-0.25, -0.2) is 4.39 Å². The van der Waals surface area contributed by atoms with Crippen molar-refractivity contribution >= 4 is 16.5 Å². The molecule has 1 saturated carbocycles. The second-order valence-corrected chi connectivity index (χ2v) is 5.01. The normalized spacial score (nSPS) is 22.4. The number of nitrogens with zero attached hydrogens (tertiary/aromatic N) is 1. The van der Waals surface area contributed by atoms with Gasteiger partial charge >= 0.3 is 0 Å². The molecule has 1 fully saturated rings. The molecular formula is C12H11FN2OS. The molecule has 1 aliphatic carbocycles. The quantitative estimate of drug-likeness (QED) is 0.880. The number of benzene rings is 1. The Morgan fingerprint density at radius 2 is 2.12 bits per heavy atom. The molecule has 2 unspecified atom stereocenters. The highest BCUT2D eigenvalue weighted by Gasteiger charge is 2.38. The predicted molar refractivity (Wildman–Crippen MR) is 64.9 cm³/mol. The Morgan fingerprint density at radius 3 is 2.76 bits per heavy atom. The first-order valence-corrected chi connectivity index (χ1v) is 6.27. The molecule has 88 valence electrons. The van der Waals surface area contributed by atoms with Gasteiger partial charge in [-0.15, -0.1) is 11.3 Å². The number of hydrogen-bond donors (Lipinski definition) is 2. The van der Waals surface area contributed by atoms with E-state index in [4.69, 9.17) is 5.11 Å². The second kappa shape index (κ2) is 4.00. The summed E-state index contributed by atoms with van der Waals surface area (Å²) in [6.45, 7) is 0. The molecule has 1 heterocycles. The van der Waals surface area contributed by atoms with Gasteiger partial charge in [0, 0.05) is 12.0 Å². The number of halogens is 1. The van der Waals surface area contributed by atoms with Crippen molar-refractivity contribution in [1.82, 2.24) is 4.98 Å². The average Bonchev–Trinajstić information content (AvgIpc) is 2.94. The van der Waals surface area contributed by atoms with Crippen molar-refractivity contribution < 1.29 is 9.50 Å². The number of anilines is 1. The van der Waals surface area contributed by atoms with Crippen molar-refractivity contribution in [2.75, 3.05) is 5.32 Å². The van der Waals surface area contributed by atoms with E-state index >= 15 is 0 Å². The van der Waals surface area contributed by atoms with Crippen LogP contribution in [0, 0.1) is 5.82 Å². The monoisotopic (exact) mass is 250 g/mol. The van der Waals surface area contributed by atoms with Gasteiger partial charge in [-0.1, -0.05) is 12.1 Å². The van der Waals surface area contributed by atoms with Crippen LogP contribution in [0.2, 0.25) is 0 Å². The van der Waals surface area contributed by atoms with Crippen molar-refractivity contribution in [3.63, 3.8) is 0 Å². The van der Waals surface area contributed by atoms with Gasteiger partial charge in [0.15, 0.2) is 5.13 Å². The third-order valence-electron chi connectivity index (χ3n) is 2.89. The summed E-state index contributed by atoms with van der Waals surface area (Å²) in [6, 6.07) is 6.95. The zero-order valence-electron chi connectivity index (χ0n) is 8.93. The summed E-state index contributed by atoms with van der Waals surface area (Å²) in [5.41, 5.74) is 1.14. The maximum atomic E-state index is 12.8. The number of thiazole rings is 1. The van der Waals surface area contributed by atoms with Crippen LogP contribution >= 0.6 is 11.3 Å². The molecule has 17 heavy (non-hydrogen) atoms. The van der Waals surface area contributed by atoms with E-state index in [9.17, 15) is 4.39 Å². The maximum Gasteiger partial charge on any atom is 0.223 e. The summed E-state index contributed by atoms with van der Waals surface area (Å²) in [5, 5.41) is 14.7. The minimum absolute atomic E-state index is 0.0523. The Bertz CT molecular complexity index is 526. The molecule has 0 radical (unpaired) electrons. The second-order valence-electron chi connectivity index (χ2n) is 4.16. The fourth-order valence-electron chi connectivity index (χ4n) is 1.92. The topological polar surface area (TPSA) is 45.1 Å². The molecule has 0 aliphatic heterocycles. The first kappa shape index (κ1) is 10.5. The number of aromatic nitrogens is 1. The summed E-state index contributed by atoms with van der Waals surface area (Å²) < 4.78 is 12.8. The maximum absolute atomic E-state index is 12.8. The Hall–Kier alpha value is -1.62. The van der Waals surface area contributed by atoms with E-state index in [1.807, 2.05) is 12.1 Å². The molecule has 2 aromatic rings. The summed E-state index contributed by atoms with van der Waals surface area (Å²) in [5.74, 6) is 0.266.